The molecule has 5 rings (SSSR count). The Morgan fingerprint density at radius 2 is 1.10 bits per heavy atom. The van der Waals surface area contributed by atoms with Crippen LogP contribution in [0.25, 0.3) is 0 Å². The third-order valence-electron chi connectivity index (χ3n) is 7.56. The van der Waals surface area contributed by atoms with Crippen LogP contribution in [0.15, 0.2) is 93.9 Å². The first-order valence-corrected chi connectivity index (χ1v) is 14.8. The molecular weight excluding hydrogens is 616 g/mol. The zero-order valence-electron chi connectivity index (χ0n) is 22.5. The van der Waals surface area contributed by atoms with Gasteiger partial charge in [0.2, 0.25) is 0 Å². The Kier molecular flexibility index (Phi) is 7.71. The molecule has 0 amide bonds. The first kappa shape index (κ1) is 27.6. The minimum absolute atomic E-state index is 0.161. The van der Waals surface area contributed by atoms with Crippen molar-refractivity contribution in [3.8, 4) is 23.0 Å². The van der Waals surface area contributed by atoms with Crippen LogP contribution in [0.1, 0.15) is 51.2 Å². The summed E-state index contributed by atoms with van der Waals surface area (Å²) in [4.78, 5) is 0. The number of hydrogen-bond donors (Lipinski definition) is 2. The van der Waals surface area contributed by atoms with Gasteiger partial charge in [0.25, 0.3) is 0 Å². The smallest absolute Gasteiger partial charge is 0.141 e. The third-order valence-corrected chi connectivity index (χ3v) is 8.80. The molecule has 1 atom stereocenters. The number of ether oxygens (including phenoxy) is 2. The standard InChI is InChI=1S/C33H34Br2N2O2/c1-21-18-32(2,3)20-33(19-21,22-4-14-30(28(34)16-22)38-26-10-6-24(36)7-11-26)23-5-15-31(29(35)17-23)39-27-12-8-25(37)9-13-27/h4-17,21H,18-20,36-37H2,1-3H3. The molecule has 4 N–H and O–H groups in total. The molecule has 4 nitrogen and oxygen atoms in total. The lowest BCUT2D eigenvalue weighted by atomic mass is 9.55. The molecule has 39 heavy (non-hydrogen) atoms. The van der Waals surface area contributed by atoms with E-state index in [1.165, 1.54) is 17.5 Å². The van der Waals surface area contributed by atoms with Crippen molar-refractivity contribution in [3.63, 3.8) is 0 Å². The van der Waals surface area contributed by atoms with Gasteiger partial charge in [-0.15, -0.1) is 0 Å². The monoisotopic (exact) mass is 648 g/mol. The topological polar surface area (TPSA) is 70.5 Å². The maximum Gasteiger partial charge on any atom is 0.141 e. The Hall–Kier alpha value is -2.96. The molecule has 1 fully saturated rings. The summed E-state index contributed by atoms with van der Waals surface area (Å²) in [5.41, 5.74) is 15.7. The number of hydrogen-bond acceptors (Lipinski definition) is 4. The van der Waals surface area contributed by atoms with Gasteiger partial charge in [-0.1, -0.05) is 32.9 Å². The molecule has 1 saturated carbocycles. The molecule has 1 aliphatic carbocycles. The van der Waals surface area contributed by atoms with E-state index in [2.05, 4.69) is 89.0 Å². The summed E-state index contributed by atoms with van der Waals surface area (Å²) in [7, 11) is 0. The quantitative estimate of drug-likeness (QED) is 0.204. The van der Waals surface area contributed by atoms with Crippen molar-refractivity contribution < 1.29 is 9.47 Å². The summed E-state index contributed by atoms with van der Waals surface area (Å²) in [5, 5.41) is 0. The number of benzene rings is 4. The molecule has 202 valence electrons. The van der Waals surface area contributed by atoms with E-state index in [4.69, 9.17) is 20.9 Å². The van der Waals surface area contributed by atoms with E-state index in [-0.39, 0.29) is 10.8 Å². The lowest BCUT2D eigenvalue weighted by Crippen LogP contribution is -2.41. The average molecular weight is 650 g/mol. The van der Waals surface area contributed by atoms with Gasteiger partial charge in [0, 0.05) is 16.8 Å². The fourth-order valence-electron chi connectivity index (χ4n) is 6.27. The van der Waals surface area contributed by atoms with E-state index >= 15 is 0 Å². The summed E-state index contributed by atoms with van der Waals surface area (Å²) in [6, 6.07) is 27.9. The van der Waals surface area contributed by atoms with Crippen LogP contribution in [0.3, 0.4) is 0 Å². The van der Waals surface area contributed by atoms with Crippen LogP contribution in [-0.4, -0.2) is 0 Å². The van der Waals surface area contributed by atoms with E-state index in [1.807, 2.05) is 48.5 Å². The lowest BCUT2D eigenvalue weighted by Gasteiger charge is -2.49. The van der Waals surface area contributed by atoms with Crippen molar-refractivity contribution in [1.82, 2.24) is 0 Å². The summed E-state index contributed by atoms with van der Waals surface area (Å²) in [5.74, 6) is 3.62. The minimum Gasteiger partial charge on any atom is -0.456 e. The average Bonchev–Trinajstić information content (AvgIpc) is 2.87. The summed E-state index contributed by atoms with van der Waals surface area (Å²) in [6.07, 6.45) is 3.30. The van der Waals surface area contributed by atoms with Crippen molar-refractivity contribution in [2.75, 3.05) is 11.5 Å². The Labute approximate surface area is 248 Å². The highest BCUT2D eigenvalue weighted by atomic mass is 79.9. The SMILES string of the molecule is CC1CC(C)(C)CC(c2ccc(Oc3ccc(N)cc3)c(Br)c2)(c2ccc(Oc3ccc(N)cc3)c(Br)c2)C1. The van der Waals surface area contributed by atoms with E-state index in [9.17, 15) is 0 Å². The van der Waals surface area contributed by atoms with Crippen molar-refractivity contribution in [3.05, 3.63) is 105 Å². The van der Waals surface area contributed by atoms with Crippen LogP contribution in [-0.2, 0) is 5.41 Å². The lowest BCUT2D eigenvalue weighted by molar-refractivity contribution is 0.126. The van der Waals surface area contributed by atoms with Gasteiger partial charge < -0.3 is 20.9 Å². The Balaban J connectivity index is 1.52. The van der Waals surface area contributed by atoms with Gasteiger partial charge in [0.15, 0.2) is 0 Å². The number of nitrogen functional groups attached to an aromatic ring is 2. The van der Waals surface area contributed by atoms with Gasteiger partial charge in [-0.05, 0) is 146 Å². The minimum atomic E-state index is -0.161. The largest absolute Gasteiger partial charge is 0.456 e. The second kappa shape index (κ2) is 10.9. The van der Waals surface area contributed by atoms with Gasteiger partial charge >= 0.3 is 0 Å². The molecule has 4 aromatic carbocycles. The van der Waals surface area contributed by atoms with Crippen LogP contribution in [0.2, 0.25) is 0 Å². The second-order valence-corrected chi connectivity index (χ2v) is 13.3. The molecular formula is C33H34Br2N2O2. The molecule has 0 aliphatic heterocycles. The molecule has 1 unspecified atom stereocenters. The van der Waals surface area contributed by atoms with E-state index < -0.39 is 0 Å². The van der Waals surface area contributed by atoms with Crippen molar-refractivity contribution in [2.24, 2.45) is 11.3 Å². The summed E-state index contributed by atoms with van der Waals surface area (Å²) in [6.45, 7) is 7.15. The van der Waals surface area contributed by atoms with Crippen molar-refractivity contribution >= 4 is 43.2 Å². The fraction of sp³-hybridized carbons (Fsp3) is 0.273. The fourth-order valence-corrected chi connectivity index (χ4v) is 7.19. The molecule has 0 aromatic heterocycles. The zero-order valence-corrected chi connectivity index (χ0v) is 25.7. The summed E-state index contributed by atoms with van der Waals surface area (Å²) < 4.78 is 14.2. The van der Waals surface area contributed by atoms with Gasteiger partial charge in [-0.2, -0.15) is 0 Å². The van der Waals surface area contributed by atoms with Gasteiger partial charge in [0.05, 0.1) is 8.95 Å². The van der Waals surface area contributed by atoms with Gasteiger partial charge in [-0.25, -0.2) is 0 Å². The summed E-state index contributed by atoms with van der Waals surface area (Å²) >= 11 is 7.61. The Morgan fingerprint density at radius 1 is 0.667 bits per heavy atom. The van der Waals surface area contributed by atoms with Crippen molar-refractivity contribution in [1.29, 1.82) is 0 Å². The van der Waals surface area contributed by atoms with Crippen LogP contribution in [0, 0.1) is 11.3 Å². The van der Waals surface area contributed by atoms with E-state index in [0.29, 0.717) is 17.3 Å². The predicted octanol–water partition coefficient (Wildman–Crippen LogP) is 10.1. The number of rotatable bonds is 6. The molecule has 0 radical (unpaired) electrons. The normalized spacial score (nSPS) is 17.9. The molecule has 0 spiro atoms. The highest BCUT2D eigenvalue weighted by molar-refractivity contribution is 9.10. The number of nitrogens with two attached hydrogens (primary N) is 2. The third kappa shape index (κ3) is 6.12. The first-order chi connectivity index (χ1) is 18.5. The number of anilines is 2. The van der Waals surface area contributed by atoms with E-state index in [1.54, 1.807) is 0 Å². The Bertz CT molecular complexity index is 1370. The first-order valence-electron chi connectivity index (χ1n) is 13.2. The van der Waals surface area contributed by atoms with Crippen LogP contribution in [0.5, 0.6) is 23.0 Å². The van der Waals surface area contributed by atoms with Crippen molar-refractivity contribution in [2.45, 2.75) is 45.4 Å². The molecule has 4 aromatic rings. The van der Waals surface area contributed by atoms with Crippen LogP contribution >= 0.6 is 31.9 Å². The van der Waals surface area contributed by atoms with Gasteiger partial charge in [0.1, 0.15) is 23.0 Å². The highest BCUT2D eigenvalue weighted by Crippen LogP contribution is 2.55. The van der Waals surface area contributed by atoms with Gasteiger partial charge in [-0.3, -0.25) is 0 Å². The van der Waals surface area contributed by atoms with Crippen LogP contribution in [0.4, 0.5) is 11.4 Å². The van der Waals surface area contributed by atoms with Crippen LogP contribution < -0.4 is 20.9 Å². The molecule has 0 bridgehead atoms. The number of halogens is 2. The zero-order chi connectivity index (χ0) is 27.8. The molecule has 1 aliphatic rings. The molecule has 0 heterocycles. The maximum atomic E-state index is 6.17. The maximum absolute atomic E-state index is 6.17. The molecule has 6 heteroatoms. The molecule has 0 saturated heterocycles. The second-order valence-electron chi connectivity index (χ2n) is 11.6. The highest BCUT2D eigenvalue weighted by Gasteiger charge is 2.45. The predicted molar refractivity (Wildman–Crippen MR) is 168 cm³/mol. The Morgan fingerprint density at radius 3 is 1.49 bits per heavy atom. The van der Waals surface area contributed by atoms with E-state index in [0.717, 1.165) is 44.8 Å².